The number of fused-ring (bicyclic) bond motifs is 1. The van der Waals surface area contributed by atoms with Gasteiger partial charge in [0, 0.05) is 29.7 Å². The molecule has 4 aromatic rings. The first-order chi connectivity index (χ1) is 22.2. The van der Waals surface area contributed by atoms with Crippen LogP contribution in [-0.4, -0.2) is 55.7 Å². The van der Waals surface area contributed by atoms with E-state index in [-0.39, 0.29) is 28.8 Å². The lowest BCUT2D eigenvalue weighted by atomic mass is 9.91. The summed E-state index contributed by atoms with van der Waals surface area (Å²) in [6.07, 6.45) is 2.40. The van der Waals surface area contributed by atoms with Gasteiger partial charge in [0.1, 0.15) is 11.9 Å². The Morgan fingerprint density at radius 3 is 2.61 bits per heavy atom. The lowest BCUT2D eigenvalue weighted by molar-refractivity contribution is -0.393. The topological polar surface area (TPSA) is 133 Å². The second kappa shape index (κ2) is 11.8. The highest BCUT2D eigenvalue weighted by Gasteiger charge is 2.50. The molecule has 1 amide bonds. The van der Waals surface area contributed by atoms with Crippen LogP contribution in [0.2, 0.25) is 0 Å². The van der Waals surface area contributed by atoms with Gasteiger partial charge in [-0.1, -0.05) is 24.3 Å². The smallest absolute Gasteiger partial charge is 0.250 e. The number of pyridine rings is 1. The number of hydrogen-bond donors (Lipinski definition) is 2. The van der Waals surface area contributed by atoms with Crippen molar-refractivity contribution < 1.29 is 31.8 Å². The number of nitrogens with zero attached hydrogens (tertiary/aromatic N) is 2. The maximum atomic E-state index is 14.9. The minimum absolute atomic E-state index is 0.00330. The van der Waals surface area contributed by atoms with E-state index >= 15 is 0 Å². The van der Waals surface area contributed by atoms with Crippen LogP contribution in [0.4, 0.5) is 15.9 Å². The molecule has 2 saturated heterocycles. The van der Waals surface area contributed by atoms with E-state index in [0.717, 1.165) is 10.8 Å². The summed E-state index contributed by atoms with van der Waals surface area (Å²) >= 11 is 0. The van der Waals surface area contributed by atoms with Gasteiger partial charge in [0.15, 0.2) is 34.0 Å². The molecular formula is C34H35FN4O6S. The third-order valence-electron chi connectivity index (χ3n) is 9.10. The number of methoxy groups -OCH3 is 1. The predicted molar refractivity (Wildman–Crippen MR) is 170 cm³/mol. The fraction of sp³-hybridized carbons (Fsp3) is 0.353. The molecule has 0 radical (unpaired) electrons. The summed E-state index contributed by atoms with van der Waals surface area (Å²) in [6, 6.07) is 16.9. The number of anilines is 2. The van der Waals surface area contributed by atoms with Crippen LogP contribution < -0.4 is 15.8 Å². The van der Waals surface area contributed by atoms with E-state index in [1.165, 1.54) is 19.2 Å². The molecule has 1 unspecified atom stereocenters. The molecule has 12 heteroatoms. The van der Waals surface area contributed by atoms with Crippen molar-refractivity contribution in [1.29, 1.82) is 0 Å². The first kappa shape index (κ1) is 30.4. The Kier molecular flexibility index (Phi) is 7.82. The van der Waals surface area contributed by atoms with Crippen molar-refractivity contribution in [3.05, 3.63) is 89.9 Å². The number of benzene rings is 3. The second-order valence-electron chi connectivity index (χ2n) is 12.0. The Morgan fingerprint density at radius 2 is 1.87 bits per heavy atom. The molecule has 46 heavy (non-hydrogen) atoms. The maximum absolute atomic E-state index is 14.9. The third kappa shape index (κ3) is 5.44. The summed E-state index contributed by atoms with van der Waals surface area (Å²) in [4.78, 5) is 20.9. The van der Waals surface area contributed by atoms with Crippen molar-refractivity contribution in [3.63, 3.8) is 0 Å². The number of nitrogens with one attached hydrogen (secondary N) is 1. The lowest BCUT2D eigenvalue weighted by Gasteiger charge is -2.41. The van der Waals surface area contributed by atoms with Crippen molar-refractivity contribution in [3.8, 4) is 5.75 Å². The number of ether oxygens (including phenoxy) is 3. The van der Waals surface area contributed by atoms with E-state index < -0.39 is 39.3 Å². The van der Waals surface area contributed by atoms with Crippen molar-refractivity contribution in [1.82, 2.24) is 9.88 Å². The van der Waals surface area contributed by atoms with Gasteiger partial charge in [0.05, 0.1) is 23.3 Å². The van der Waals surface area contributed by atoms with E-state index in [1.54, 1.807) is 54.4 Å². The van der Waals surface area contributed by atoms with Crippen LogP contribution in [0.15, 0.2) is 77.8 Å². The molecule has 0 bridgehead atoms. The van der Waals surface area contributed by atoms with Gasteiger partial charge in [0.2, 0.25) is 5.91 Å². The monoisotopic (exact) mass is 646 g/mol. The number of carbonyl (C=O) groups excluding carboxylic acids is 1. The van der Waals surface area contributed by atoms with Crippen molar-refractivity contribution in [2.45, 2.75) is 61.0 Å². The van der Waals surface area contributed by atoms with Gasteiger partial charge in [-0.15, -0.1) is 0 Å². The van der Waals surface area contributed by atoms with Gasteiger partial charge in [-0.2, -0.15) is 0 Å². The summed E-state index contributed by atoms with van der Waals surface area (Å²) in [5.41, 5.74) is 7.71. The van der Waals surface area contributed by atoms with E-state index in [0.29, 0.717) is 48.4 Å². The number of likely N-dealkylation sites (tertiary alicyclic amines) is 1. The second-order valence-corrected chi connectivity index (χ2v) is 14.2. The van der Waals surface area contributed by atoms with Crippen LogP contribution in [-0.2, 0) is 24.1 Å². The highest BCUT2D eigenvalue weighted by atomic mass is 32.2. The molecule has 1 aromatic heterocycles. The molecule has 240 valence electrons. The Balaban J connectivity index is 1.31. The first-order valence-electron chi connectivity index (χ1n) is 15.3. The highest BCUT2D eigenvalue weighted by molar-refractivity contribution is 7.92. The number of sulfone groups is 1. The Labute approximate surface area is 266 Å². The van der Waals surface area contributed by atoms with Gasteiger partial charge in [-0.05, 0) is 85.2 Å². The SMILES string of the molecule is COc1cc([C@@H](Nc2ccc3c(N)nccc3c2)C(=O)N2CCC(C3OC(C)O3)[C@@H]2c2ccccc2S(=O)(=O)C2CC2)ccc1F. The average molecular weight is 647 g/mol. The van der Waals surface area contributed by atoms with Gasteiger partial charge < -0.3 is 30.2 Å². The van der Waals surface area contributed by atoms with Crippen LogP contribution in [0.1, 0.15) is 49.4 Å². The molecule has 3 N–H and O–H groups in total. The molecule has 10 nitrogen and oxygen atoms in total. The van der Waals surface area contributed by atoms with Gasteiger partial charge in [-0.3, -0.25) is 4.79 Å². The van der Waals surface area contributed by atoms with E-state index in [2.05, 4.69) is 10.3 Å². The van der Waals surface area contributed by atoms with Crippen LogP contribution in [0.5, 0.6) is 5.75 Å². The number of amides is 1. The van der Waals surface area contributed by atoms with E-state index in [9.17, 15) is 17.6 Å². The zero-order valence-electron chi connectivity index (χ0n) is 25.4. The van der Waals surface area contributed by atoms with Gasteiger partial charge >= 0.3 is 0 Å². The maximum Gasteiger partial charge on any atom is 0.250 e. The molecule has 2 aliphatic heterocycles. The zero-order chi connectivity index (χ0) is 32.2. The largest absolute Gasteiger partial charge is 0.494 e. The fourth-order valence-electron chi connectivity index (χ4n) is 6.65. The Hall–Kier alpha value is -4.26. The van der Waals surface area contributed by atoms with Gasteiger partial charge in [-0.25, -0.2) is 17.8 Å². The first-order valence-corrected chi connectivity index (χ1v) is 16.9. The number of nitrogens with two attached hydrogens (primary N) is 1. The number of nitrogen functional groups attached to an aromatic ring is 1. The summed E-state index contributed by atoms with van der Waals surface area (Å²) in [6.45, 7) is 2.13. The predicted octanol–water partition coefficient (Wildman–Crippen LogP) is 5.36. The van der Waals surface area contributed by atoms with Crippen molar-refractivity contribution in [2.75, 3.05) is 24.7 Å². The zero-order valence-corrected chi connectivity index (χ0v) is 26.2. The minimum Gasteiger partial charge on any atom is -0.494 e. The van der Waals surface area contributed by atoms with Crippen LogP contribution in [0.3, 0.4) is 0 Å². The minimum atomic E-state index is -3.60. The summed E-state index contributed by atoms with van der Waals surface area (Å²) < 4.78 is 59.0. The molecule has 3 heterocycles. The highest BCUT2D eigenvalue weighted by Crippen LogP contribution is 2.48. The molecule has 1 aliphatic carbocycles. The number of halogens is 1. The van der Waals surface area contributed by atoms with Crippen LogP contribution in [0.25, 0.3) is 10.8 Å². The number of hydrogen-bond acceptors (Lipinski definition) is 9. The number of carbonyl (C=O) groups is 1. The summed E-state index contributed by atoms with van der Waals surface area (Å²) in [5.74, 6) is -0.800. The molecule has 3 fully saturated rings. The van der Waals surface area contributed by atoms with Crippen LogP contribution in [0, 0.1) is 11.7 Å². The molecule has 3 aromatic carbocycles. The van der Waals surface area contributed by atoms with Gasteiger partial charge in [0.25, 0.3) is 0 Å². The summed E-state index contributed by atoms with van der Waals surface area (Å²) in [5, 5.41) is 4.54. The molecule has 0 spiro atoms. The quantitative estimate of drug-likeness (QED) is 0.247. The molecule has 3 aliphatic rings. The van der Waals surface area contributed by atoms with Crippen LogP contribution >= 0.6 is 0 Å². The van der Waals surface area contributed by atoms with Crippen molar-refractivity contribution >= 4 is 38.0 Å². The standard InChI is InChI=1S/C34H35FN4O6S/c1-19-44-34(45-19)26-14-16-39(31(26)25-5-3-4-6-29(25)46(41,42)23-9-10-23)33(40)30(21-7-12-27(35)28(18-21)43-2)38-22-8-11-24-20(17-22)13-15-37-32(24)36/h3-8,11-13,15,17-19,23,26,30-31,34,38H,9-10,14,16H2,1-2H3,(H2,36,37)/t19?,26?,30-,31+,34?/m1/s1. The Bertz CT molecular complexity index is 1910. The number of aromatic nitrogens is 1. The normalized spacial score (nSPS) is 23.6. The van der Waals surface area contributed by atoms with Crippen molar-refractivity contribution in [2.24, 2.45) is 5.92 Å². The third-order valence-corrected chi connectivity index (χ3v) is 11.4. The van der Waals surface area contributed by atoms with E-state index in [4.69, 9.17) is 19.9 Å². The molecule has 1 saturated carbocycles. The Morgan fingerprint density at radius 1 is 1.09 bits per heavy atom. The lowest BCUT2D eigenvalue weighted by Crippen LogP contribution is -2.47. The number of rotatable bonds is 9. The molecular weight excluding hydrogens is 611 g/mol. The summed E-state index contributed by atoms with van der Waals surface area (Å²) in [7, 11) is -2.23. The molecule has 3 atom stereocenters. The van der Waals surface area contributed by atoms with E-state index in [1.807, 2.05) is 18.2 Å². The molecule has 7 rings (SSSR count). The average Bonchev–Trinajstić information content (AvgIpc) is 3.82. The fourth-order valence-corrected chi connectivity index (χ4v) is 8.55.